The van der Waals surface area contributed by atoms with E-state index in [1.165, 1.54) is 0 Å². The van der Waals surface area contributed by atoms with E-state index in [1.807, 2.05) is 30.3 Å². The van der Waals surface area contributed by atoms with Gasteiger partial charge in [-0.15, -0.1) is 0 Å². The molecule has 0 radical (unpaired) electrons. The fraction of sp³-hybridized carbons (Fsp3) is 0.429. The number of nitrogens with two attached hydrogens (primary N) is 1. The van der Waals surface area contributed by atoms with E-state index >= 15 is 0 Å². The molecule has 1 fully saturated rings. The Morgan fingerprint density at radius 2 is 2.00 bits per heavy atom. The Hall–Kier alpha value is -1.84. The molecule has 0 bridgehead atoms. The molecule has 4 nitrogen and oxygen atoms in total. The van der Waals surface area contributed by atoms with E-state index in [2.05, 4.69) is 0 Å². The molecule has 0 aliphatic carbocycles. The van der Waals surface area contributed by atoms with Gasteiger partial charge in [0, 0.05) is 13.0 Å². The Balaban J connectivity index is 1.90. The first-order valence-electron chi connectivity index (χ1n) is 6.31. The van der Waals surface area contributed by atoms with Gasteiger partial charge in [-0.1, -0.05) is 30.3 Å². The quantitative estimate of drug-likeness (QED) is 0.864. The van der Waals surface area contributed by atoms with Gasteiger partial charge >= 0.3 is 0 Å². The Morgan fingerprint density at radius 1 is 1.28 bits per heavy atom. The SMILES string of the molecule is NC(=O)[C@@H]1CCCN1C(=O)CCc1ccccc1. The van der Waals surface area contributed by atoms with Crippen molar-refractivity contribution in [3.8, 4) is 0 Å². The van der Waals surface area contributed by atoms with Crippen LogP contribution in [0, 0.1) is 0 Å². The fourth-order valence-electron chi connectivity index (χ4n) is 2.40. The molecule has 1 saturated heterocycles. The number of rotatable bonds is 4. The van der Waals surface area contributed by atoms with Gasteiger partial charge in [0.15, 0.2) is 0 Å². The second kappa shape index (κ2) is 5.67. The molecule has 2 N–H and O–H groups in total. The van der Waals surface area contributed by atoms with Crippen molar-refractivity contribution in [2.45, 2.75) is 31.7 Å². The number of primary amides is 1. The first-order chi connectivity index (χ1) is 8.68. The molecule has 4 heteroatoms. The summed E-state index contributed by atoms with van der Waals surface area (Å²) in [7, 11) is 0. The third kappa shape index (κ3) is 2.88. The molecule has 1 aromatic carbocycles. The van der Waals surface area contributed by atoms with Crippen LogP contribution in [0.1, 0.15) is 24.8 Å². The van der Waals surface area contributed by atoms with Gasteiger partial charge in [-0.2, -0.15) is 0 Å². The third-order valence-corrected chi connectivity index (χ3v) is 3.37. The van der Waals surface area contributed by atoms with E-state index in [1.54, 1.807) is 4.90 Å². The molecule has 1 aliphatic heterocycles. The summed E-state index contributed by atoms with van der Waals surface area (Å²) in [5, 5.41) is 0. The number of hydrogen-bond acceptors (Lipinski definition) is 2. The van der Waals surface area contributed by atoms with Gasteiger partial charge in [-0.25, -0.2) is 0 Å². The third-order valence-electron chi connectivity index (χ3n) is 3.37. The van der Waals surface area contributed by atoms with Crippen molar-refractivity contribution < 1.29 is 9.59 Å². The van der Waals surface area contributed by atoms with Gasteiger partial charge in [-0.3, -0.25) is 9.59 Å². The number of benzene rings is 1. The standard InChI is InChI=1S/C14H18N2O2/c15-14(18)12-7-4-10-16(12)13(17)9-8-11-5-2-1-3-6-11/h1-3,5-6,12H,4,7-10H2,(H2,15,18)/t12-/m0/s1. The second-order valence-corrected chi connectivity index (χ2v) is 4.63. The lowest BCUT2D eigenvalue weighted by Gasteiger charge is -2.22. The van der Waals surface area contributed by atoms with Crippen LogP contribution in [0.25, 0.3) is 0 Å². The monoisotopic (exact) mass is 246 g/mol. The van der Waals surface area contributed by atoms with Gasteiger partial charge in [0.05, 0.1) is 0 Å². The highest BCUT2D eigenvalue weighted by molar-refractivity contribution is 5.87. The van der Waals surface area contributed by atoms with E-state index in [0.717, 1.165) is 12.0 Å². The number of amides is 2. The van der Waals surface area contributed by atoms with Crippen LogP contribution in [-0.4, -0.2) is 29.3 Å². The van der Waals surface area contributed by atoms with E-state index in [-0.39, 0.29) is 11.8 Å². The average molecular weight is 246 g/mol. The van der Waals surface area contributed by atoms with Crippen LogP contribution < -0.4 is 5.73 Å². The molecule has 1 aliphatic rings. The van der Waals surface area contributed by atoms with Gasteiger partial charge in [0.25, 0.3) is 0 Å². The van der Waals surface area contributed by atoms with Gasteiger partial charge in [0.1, 0.15) is 6.04 Å². The summed E-state index contributed by atoms with van der Waals surface area (Å²) in [5.41, 5.74) is 6.44. The second-order valence-electron chi connectivity index (χ2n) is 4.63. The minimum absolute atomic E-state index is 0.0279. The molecule has 0 spiro atoms. The zero-order valence-corrected chi connectivity index (χ0v) is 10.3. The van der Waals surface area contributed by atoms with Crippen molar-refractivity contribution in [1.82, 2.24) is 4.90 Å². The maximum atomic E-state index is 12.1. The van der Waals surface area contributed by atoms with E-state index in [9.17, 15) is 9.59 Å². The zero-order valence-electron chi connectivity index (χ0n) is 10.3. The van der Waals surface area contributed by atoms with Gasteiger partial charge in [-0.05, 0) is 24.8 Å². The van der Waals surface area contributed by atoms with Crippen molar-refractivity contribution in [3.63, 3.8) is 0 Å². The topological polar surface area (TPSA) is 63.4 Å². The minimum atomic E-state index is -0.395. The van der Waals surface area contributed by atoms with Gasteiger partial charge < -0.3 is 10.6 Å². The van der Waals surface area contributed by atoms with Crippen LogP contribution in [0.3, 0.4) is 0 Å². The largest absolute Gasteiger partial charge is 0.368 e. The van der Waals surface area contributed by atoms with Crippen LogP contribution in [0.15, 0.2) is 30.3 Å². The van der Waals surface area contributed by atoms with Crippen LogP contribution in [0.5, 0.6) is 0 Å². The van der Waals surface area contributed by atoms with Crippen molar-refractivity contribution in [3.05, 3.63) is 35.9 Å². The molecule has 1 heterocycles. The number of nitrogens with zero attached hydrogens (tertiary/aromatic N) is 1. The molecule has 0 unspecified atom stereocenters. The summed E-state index contributed by atoms with van der Waals surface area (Å²) in [5.74, 6) is -0.360. The molecule has 1 atom stereocenters. The number of hydrogen-bond donors (Lipinski definition) is 1. The van der Waals surface area contributed by atoms with Crippen molar-refractivity contribution in [1.29, 1.82) is 0 Å². The molecular formula is C14H18N2O2. The molecular weight excluding hydrogens is 228 g/mol. The summed E-state index contributed by atoms with van der Waals surface area (Å²) in [6.07, 6.45) is 2.71. The molecule has 2 rings (SSSR count). The number of aryl methyl sites for hydroxylation is 1. The number of likely N-dealkylation sites (tertiary alicyclic amines) is 1. The predicted molar refractivity (Wildman–Crippen MR) is 68.7 cm³/mol. The first-order valence-corrected chi connectivity index (χ1v) is 6.31. The Morgan fingerprint density at radius 3 is 2.67 bits per heavy atom. The molecule has 0 saturated carbocycles. The predicted octanol–water partition coefficient (Wildman–Crippen LogP) is 1.10. The maximum absolute atomic E-state index is 12.1. The summed E-state index contributed by atoms with van der Waals surface area (Å²) in [4.78, 5) is 24.9. The highest BCUT2D eigenvalue weighted by Crippen LogP contribution is 2.18. The summed E-state index contributed by atoms with van der Waals surface area (Å²) >= 11 is 0. The molecule has 96 valence electrons. The van der Waals surface area contributed by atoms with Crippen LogP contribution in [0.2, 0.25) is 0 Å². The van der Waals surface area contributed by atoms with Crippen molar-refractivity contribution in [2.75, 3.05) is 6.54 Å². The Labute approximate surface area is 107 Å². The molecule has 0 aromatic heterocycles. The summed E-state index contributed by atoms with van der Waals surface area (Å²) < 4.78 is 0. The minimum Gasteiger partial charge on any atom is -0.368 e. The first kappa shape index (κ1) is 12.6. The smallest absolute Gasteiger partial charge is 0.240 e. The lowest BCUT2D eigenvalue weighted by atomic mass is 10.1. The Kier molecular flexibility index (Phi) is 3.97. The lowest BCUT2D eigenvalue weighted by molar-refractivity contribution is -0.137. The van der Waals surface area contributed by atoms with Crippen LogP contribution >= 0.6 is 0 Å². The van der Waals surface area contributed by atoms with Crippen molar-refractivity contribution >= 4 is 11.8 Å². The molecule has 1 aromatic rings. The summed E-state index contributed by atoms with van der Waals surface area (Å²) in [6.45, 7) is 0.654. The van der Waals surface area contributed by atoms with Crippen LogP contribution in [-0.2, 0) is 16.0 Å². The van der Waals surface area contributed by atoms with E-state index < -0.39 is 6.04 Å². The van der Waals surface area contributed by atoms with Gasteiger partial charge in [0.2, 0.25) is 11.8 Å². The van der Waals surface area contributed by atoms with Crippen molar-refractivity contribution in [2.24, 2.45) is 5.73 Å². The molecule has 18 heavy (non-hydrogen) atoms. The zero-order chi connectivity index (χ0) is 13.0. The normalized spacial score (nSPS) is 18.9. The maximum Gasteiger partial charge on any atom is 0.240 e. The summed E-state index contributed by atoms with van der Waals surface area (Å²) in [6, 6.07) is 9.48. The molecule has 2 amide bonds. The fourth-order valence-corrected chi connectivity index (χ4v) is 2.40. The van der Waals surface area contributed by atoms with E-state index in [0.29, 0.717) is 25.8 Å². The van der Waals surface area contributed by atoms with E-state index in [4.69, 9.17) is 5.73 Å². The highest BCUT2D eigenvalue weighted by Gasteiger charge is 2.31. The lowest BCUT2D eigenvalue weighted by Crippen LogP contribution is -2.43. The Bertz CT molecular complexity index is 431. The number of carbonyl (C=O) groups excluding carboxylic acids is 2. The number of carbonyl (C=O) groups is 2. The highest BCUT2D eigenvalue weighted by atomic mass is 16.2. The average Bonchev–Trinajstić information content (AvgIpc) is 2.86. The van der Waals surface area contributed by atoms with Crippen LogP contribution in [0.4, 0.5) is 0 Å².